The SMILES string of the molecule is [2H]C([2H])(C1CCOCC1)N1C[C@H]2CC(Nc3nnc(-c4ccc5nn(C)cc5c4)cc3C)C[C@H]2C1. The van der Waals surface area contributed by atoms with Crippen molar-refractivity contribution in [3.05, 3.63) is 36.0 Å². The largest absolute Gasteiger partial charge is 0.381 e. The number of nitrogens with one attached hydrogen (secondary N) is 1. The first-order valence-corrected chi connectivity index (χ1v) is 12.2. The van der Waals surface area contributed by atoms with Crippen molar-refractivity contribution in [3.63, 3.8) is 0 Å². The summed E-state index contributed by atoms with van der Waals surface area (Å²) in [5.74, 6) is 2.03. The molecule has 3 aromatic rings. The molecule has 1 aliphatic carbocycles. The third-order valence-electron chi connectivity index (χ3n) is 7.58. The van der Waals surface area contributed by atoms with Crippen LogP contribution in [-0.2, 0) is 11.8 Å². The molecule has 0 radical (unpaired) electrons. The lowest BCUT2D eigenvalue weighted by molar-refractivity contribution is 0.0545. The van der Waals surface area contributed by atoms with E-state index in [4.69, 9.17) is 7.48 Å². The first kappa shape index (κ1) is 18.9. The van der Waals surface area contributed by atoms with E-state index >= 15 is 0 Å². The Balaban J connectivity index is 1.09. The van der Waals surface area contributed by atoms with Gasteiger partial charge in [-0.15, -0.1) is 10.2 Å². The number of hydrogen-bond donors (Lipinski definition) is 1. The zero-order valence-electron chi connectivity index (χ0n) is 21.5. The Labute approximate surface area is 198 Å². The third kappa shape index (κ3) is 4.36. The quantitative estimate of drug-likeness (QED) is 0.639. The van der Waals surface area contributed by atoms with Crippen molar-refractivity contribution >= 4 is 16.7 Å². The molecule has 7 heteroatoms. The fraction of sp³-hybridized carbons (Fsp3) is 0.577. The summed E-state index contributed by atoms with van der Waals surface area (Å²) in [5, 5.41) is 18.3. The van der Waals surface area contributed by atoms with Gasteiger partial charge in [0.2, 0.25) is 0 Å². The van der Waals surface area contributed by atoms with E-state index in [1.54, 1.807) is 0 Å². The molecular formula is C26H34N6O. The highest BCUT2D eigenvalue weighted by atomic mass is 16.5. The van der Waals surface area contributed by atoms with Crippen LogP contribution in [0.4, 0.5) is 5.82 Å². The van der Waals surface area contributed by atoms with Gasteiger partial charge in [-0.3, -0.25) is 4.68 Å². The fourth-order valence-corrected chi connectivity index (χ4v) is 5.88. The van der Waals surface area contributed by atoms with Gasteiger partial charge < -0.3 is 15.0 Å². The van der Waals surface area contributed by atoms with Crippen LogP contribution in [0.1, 0.15) is 34.0 Å². The molecule has 7 nitrogen and oxygen atoms in total. The van der Waals surface area contributed by atoms with E-state index < -0.39 is 6.50 Å². The zero-order valence-corrected chi connectivity index (χ0v) is 19.5. The molecule has 0 amide bonds. The molecule has 33 heavy (non-hydrogen) atoms. The average molecular weight is 449 g/mol. The summed E-state index contributed by atoms with van der Waals surface area (Å²) in [7, 11) is 1.93. The van der Waals surface area contributed by atoms with E-state index in [0.29, 0.717) is 31.1 Å². The van der Waals surface area contributed by atoms with Crippen molar-refractivity contribution in [2.24, 2.45) is 24.8 Å². The molecule has 1 aromatic carbocycles. The Kier molecular flexibility index (Phi) is 4.97. The summed E-state index contributed by atoms with van der Waals surface area (Å²) in [5.41, 5.74) is 3.98. The van der Waals surface area contributed by atoms with Gasteiger partial charge in [-0.1, -0.05) is 6.07 Å². The number of benzene rings is 1. The van der Waals surface area contributed by atoms with Gasteiger partial charge in [0, 0.05) is 65.8 Å². The maximum Gasteiger partial charge on any atom is 0.151 e. The van der Waals surface area contributed by atoms with E-state index in [1.807, 2.05) is 24.0 Å². The van der Waals surface area contributed by atoms with Crippen LogP contribution in [0.25, 0.3) is 22.2 Å². The smallest absolute Gasteiger partial charge is 0.151 e. The number of rotatable bonds is 5. The van der Waals surface area contributed by atoms with E-state index in [2.05, 4.69) is 50.6 Å². The van der Waals surface area contributed by atoms with Gasteiger partial charge in [0.25, 0.3) is 0 Å². The molecule has 3 atom stereocenters. The minimum atomic E-state index is -1.23. The van der Waals surface area contributed by atoms with Crippen LogP contribution in [0.15, 0.2) is 30.5 Å². The standard InChI is InChI=1S/C26H34N6O/c1-17-9-25(19-3-4-24-22(10-19)14-31(2)30-24)28-29-26(17)27-23-11-20-15-32(16-21(20)12-23)13-18-5-7-33-8-6-18/h3-4,9-10,14,18,20-21,23H,5-8,11-13,15-16H2,1-2H3,(H,27,29)/t20-,21+,23?/i13D2. The Bertz CT molecular complexity index is 1210. The second kappa shape index (κ2) is 8.69. The van der Waals surface area contributed by atoms with Gasteiger partial charge in [0.1, 0.15) is 0 Å². The molecule has 1 unspecified atom stereocenters. The number of aromatic nitrogens is 4. The first-order valence-electron chi connectivity index (χ1n) is 13.2. The van der Waals surface area contributed by atoms with Crippen molar-refractivity contribution in [3.8, 4) is 11.3 Å². The van der Waals surface area contributed by atoms with Gasteiger partial charge in [-0.2, -0.15) is 5.10 Å². The van der Waals surface area contributed by atoms with E-state index in [-0.39, 0.29) is 5.92 Å². The minimum Gasteiger partial charge on any atom is -0.381 e. The lowest BCUT2D eigenvalue weighted by Crippen LogP contribution is -2.32. The molecule has 174 valence electrons. The van der Waals surface area contributed by atoms with Crippen LogP contribution in [0.2, 0.25) is 0 Å². The van der Waals surface area contributed by atoms with Crippen LogP contribution in [0.3, 0.4) is 0 Å². The summed E-state index contributed by atoms with van der Waals surface area (Å²) in [6, 6.07) is 8.66. The maximum atomic E-state index is 8.79. The summed E-state index contributed by atoms with van der Waals surface area (Å²) in [4.78, 5) is 2.12. The summed E-state index contributed by atoms with van der Waals surface area (Å²) in [6.07, 6.45) is 5.79. The van der Waals surface area contributed by atoms with Crippen molar-refractivity contribution in [1.29, 1.82) is 0 Å². The highest BCUT2D eigenvalue weighted by Gasteiger charge is 2.41. The van der Waals surface area contributed by atoms with Gasteiger partial charge >= 0.3 is 0 Å². The molecule has 0 bridgehead atoms. The molecule has 6 rings (SSSR count). The Morgan fingerprint density at radius 1 is 1.12 bits per heavy atom. The number of likely N-dealkylation sites (tertiary alicyclic amines) is 1. The van der Waals surface area contributed by atoms with Crippen molar-refractivity contribution < 1.29 is 7.48 Å². The Morgan fingerprint density at radius 2 is 1.91 bits per heavy atom. The summed E-state index contributed by atoms with van der Waals surface area (Å²) in [6.45, 7) is 3.94. The van der Waals surface area contributed by atoms with Crippen molar-refractivity contribution in [2.75, 3.05) is 38.1 Å². The summed E-state index contributed by atoms with van der Waals surface area (Å²) < 4.78 is 24.9. The number of fused-ring (bicyclic) bond motifs is 2. The van der Waals surface area contributed by atoms with Crippen molar-refractivity contribution in [1.82, 2.24) is 24.9 Å². The second-order valence-corrected chi connectivity index (χ2v) is 10.1. The molecule has 3 aliphatic rings. The van der Waals surface area contributed by atoms with Crippen molar-refractivity contribution in [2.45, 2.75) is 38.6 Å². The maximum absolute atomic E-state index is 8.79. The molecule has 2 aliphatic heterocycles. The number of hydrogen-bond acceptors (Lipinski definition) is 6. The molecule has 4 heterocycles. The van der Waals surface area contributed by atoms with Crippen LogP contribution in [0.5, 0.6) is 0 Å². The first-order chi connectivity index (χ1) is 16.9. The predicted molar refractivity (Wildman–Crippen MR) is 130 cm³/mol. The van der Waals surface area contributed by atoms with E-state index in [1.165, 1.54) is 0 Å². The number of anilines is 1. The number of aryl methyl sites for hydroxylation is 2. The third-order valence-corrected chi connectivity index (χ3v) is 7.58. The van der Waals surface area contributed by atoms with E-state index in [0.717, 1.165) is 72.3 Å². The molecule has 1 N–H and O–H groups in total. The molecular weight excluding hydrogens is 412 g/mol. The zero-order chi connectivity index (χ0) is 24.2. The summed E-state index contributed by atoms with van der Waals surface area (Å²) >= 11 is 0. The minimum absolute atomic E-state index is 0.0827. The van der Waals surface area contributed by atoms with Crippen LogP contribution in [0, 0.1) is 24.7 Å². The molecule has 2 aromatic heterocycles. The molecule has 3 fully saturated rings. The van der Waals surface area contributed by atoms with Crippen LogP contribution in [-0.4, -0.2) is 63.7 Å². The van der Waals surface area contributed by atoms with E-state index in [9.17, 15) is 0 Å². The van der Waals surface area contributed by atoms with Gasteiger partial charge in [-0.25, -0.2) is 0 Å². The van der Waals surface area contributed by atoms with Crippen LogP contribution < -0.4 is 5.32 Å². The Morgan fingerprint density at radius 3 is 2.67 bits per heavy atom. The topological polar surface area (TPSA) is 68.1 Å². The highest BCUT2D eigenvalue weighted by Crippen LogP contribution is 2.40. The normalized spacial score (nSPS) is 27.5. The number of nitrogens with zero attached hydrogens (tertiary/aromatic N) is 5. The van der Waals surface area contributed by atoms with Gasteiger partial charge in [0.05, 0.1) is 11.2 Å². The average Bonchev–Trinajstić information content (AvgIpc) is 3.52. The predicted octanol–water partition coefficient (Wildman–Crippen LogP) is 3.89. The van der Waals surface area contributed by atoms with Gasteiger partial charge in [0.15, 0.2) is 5.82 Å². The molecule has 0 spiro atoms. The number of ether oxygens (including phenoxy) is 1. The lowest BCUT2D eigenvalue weighted by atomic mass is 10.00. The van der Waals surface area contributed by atoms with Crippen LogP contribution >= 0.6 is 0 Å². The van der Waals surface area contributed by atoms with Gasteiger partial charge in [-0.05, 0) is 74.1 Å². The molecule has 1 saturated carbocycles. The Hall–Kier alpha value is -2.51. The monoisotopic (exact) mass is 448 g/mol. The lowest BCUT2D eigenvalue weighted by Gasteiger charge is -2.27. The fourth-order valence-electron chi connectivity index (χ4n) is 5.88. The second-order valence-electron chi connectivity index (χ2n) is 10.1. The highest BCUT2D eigenvalue weighted by molar-refractivity contribution is 5.83. The molecule has 2 saturated heterocycles.